The molecule has 3 aromatic rings. The van der Waals surface area contributed by atoms with Gasteiger partial charge in [-0.3, -0.25) is 0 Å². The number of carbonyl (C=O) groups excluding carboxylic acids is 1. The molecule has 0 fully saturated rings. The van der Waals surface area contributed by atoms with Crippen LogP contribution in [0.1, 0.15) is 27.8 Å². The Balaban J connectivity index is 1.56. The fourth-order valence-electron chi connectivity index (χ4n) is 3.14. The summed E-state index contributed by atoms with van der Waals surface area (Å²) in [5.74, 6) is 0.552. The monoisotopic (exact) mass is 539 g/mol. The van der Waals surface area contributed by atoms with Crippen molar-refractivity contribution in [3.63, 3.8) is 0 Å². The lowest BCUT2D eigenvalue weighted by atomic mass is 10.1. The number of ether oxygens (including phenoxy) is 2. The van der Waals surface area contributed by atoms with Gasteiger partial charge in [-0.05, 0) is 86.7 Å². The van der Waals surface area contributed by atoms with E-state index in [9.17, 15) is 4.79 Å². The van der Waals surface area contributed by atoms with Crippen molar-refractivity contribution in [1.82, 2.24) is 0 Å². The highest BCUT2D eigenvalue weighted by molar-refractivity contribution is 9.11. The number of halogens is 2. The van der Waals surface area contributed by atoms with Crippen molar-refractivity contribution in [2.24, 2.45) is 4.99 Å². The molecule has 31 heavy (non-hydrogen) atoms. The van der Waals surface area contributed by atoms with Crippen LogP contribution in [0, 0.1) is 13.8 Å². The molecule has 0 atom stereocenters. The summed E-state index contributed by atoms with van der Waals surface area (Å²) in [4.78, 5) is 16.7. The molecule has 0 unspecified atom stereocenters. The number of aryl methyl sites for hydroxylation is 2. The van der Waals surface area contributed by atoms with Crippen LogP contribution < -0.4 is 4.74 Å². The maximum absolute atomic E-state index is 12.3. The molecule has 0 bridgehead atoms. The minimum atomic E-state index is -0.467. The van der Waals surface area contributed by atoms with E-state index in [-0.39, 0.29) is 5.70 Å². The highest BCUT2D eigenvalue weighted by Crippen LogP contribution is 2.36. The zero-order valence-corrected chi connectivity index (χ0v) is 20.2. The van der Waals surface area contributed by atoms with Crippen molar-refractivity contribution >= 4 is 49.8 Å². The summed E-state index contributed by atoms with van der Waals surface area (Å²) in [6, 6.07) is 19.7. The van der Waals surface area contributed by atoms with Crippen LogP contribution in [-0.2, 0) is 16.1 Å². The van der Waals surface area contributed by atoms with Crippen LogP contribution in [-0.4, -0.2) is 11.9 Å². The number of carbonyl (C=O) groups is 1. The average Bonchev–Trinajstić information content (AvgIpc) is 3.09. The molecule has 0 amide bonds. The first-order valence-electron chi connectivity index (χ1n) is 9.66. The van der Waals surface area contributed by atoms with Crippen molar-refractivity contribution in [2.45, 2.75) is 20.5 Å². The van der Waals surface area contributed by atoms with Gasteiger partial charge in [0.2, 0.25) is 5.90 Å². The van der Waals surface area contributed by atoms with E-state index in [0.717, 1.165) is 31.2 Å². The average molecular weight is 541 g/mol. The van der Waals surface area contributed by atoms with E-state index in [4.69, 9.17) is 9.47 Å². The second-order valence-corrected chi connectivity index (χ2v) is 8.95. The van der Waals surface area contributed by atoms with Gasteiger partial charge in [0.05, 0.1) is 8.95 Å². The molecule has 0 spiro atoms. The minimum absolute atomic E-state index is 0.255. The molecular formula is C25H19Br2NO3. The number of aliphatic imine (C=N–C) groups is 1. The molecule has 4 rings (SSSR count). The molecule has 0 saturated carbocycles. The standard InChI is InChI=1S/C25H19Br2NO3/c1-15-7-9-17(10-8-15)14-30-23-20(26)11-18(12-21(23)27)13-22-25(29)31-24(28-22)19-6-4-3-5-16(19)2/h3-13H,14H2,1-2H3/b22-13-. The first-order chi connectivity index (χ1) is 14.9. The number of rotatable bonds is 5. The SMILES string of the molecule is Cc1ccc(COc2c(Br)cc(/C=C3\N=C(c4ccccc4C)OC3=O)cc2Br)cc1. The molecular weight excluding hydrogens is 522 g/mol. The van der Waals surface area contributed by atoms with Crippen LogP contribution in [0.25, 0.3) is 6.08 Å². The van der Waals surface area contributed by atoms with E-state index < -0.39 is 5.97 Å². The lowest BCUT2D eigenvalue weighted by Gasteiger charge is -2.11. The van der Waals surface area contributed by atoms with E-state index in [0.29, 0.717) is 18.3 Å². The Hall–Kier alpha value is -2.70. The smallest absolute Gasteiger partial charge is 0.363 e. The number of cyclic esters (lactones) is 1. The van der Waals surface area contributed by atoms with E-state index in [1.165, 1.54) is 5.56 Å². The van der Waals surface area contributed by atoms with Crippen LogP contribution in [0.15, 0.2) is 80.3 Å². The third kappa shape index (κ3) is 4.97. The van der Waals surface area contributed by atoms with Gasteiger partial charge in [-0.25, -0.2) is 9.79 Å². The highest BCUT2D eigenvalue weighted by Gasteiger charge is 2.25. The van der Waals surface area contributed by atoms with Crippen LogP contribution in [0.4, 0.5) is 0 Å². The summed E-state index contributed by atoms with van der Waals surface area (Å²) < 4.78 is 12.9. The lowest BCUT2D eigenvalue weighted by molar-refractivity contribution is -0.129. The molecule has 0 radical (unpaired) electrons. The number of hydrogen-bond acceptors (Lipinski definition) is 4. The van der Waals surface area contributed by atoms with Crippen molar-refractivity contribution in [3.8, 4) is 5.75 Å². The Morgan fingerprint density at radius 1 is 1.00 bits per heavy atom. The van der Waals surface area contributed by atoms with E-state index in [2.05, 4.69) is 55.9 Å². The van der Waals surface area contributed by atoms with Gasteiger partial charge >= 0.3 is 5.97 Å². The zero-order valence-electron chi connectivity index (χ0n) is 17.0. The first kappa shape index (κ1) is 21.5. The van der Waals surface area contributed by atoms with Crippen LogP contribution in [0.2, 0.25) is 0 Å². The lowest BCUT2D eigenvalue weighted by Crippen LogP contribution is -2.06. The van der Waals surface area contributed by atoms with Gasteiger partial charge in [-0.2, -0.15) is 0 Å². The van der Waals surface area contributed by atoms with Crippen molar-refractivity contribution in [2.75, 3.05) is 0 Å². The maximum atomic E-state index is 12.3. The first-order valence-corrected chi connectivity index (χ1v) is 11.3. The van der Waals surface area contributed by atoms with Gasteiger partial charge in [0.15, 0.2) is 5.70 Å². The Morgan fingerprint density at radius 2 is 1.68 bits per heavy atom. The predicted octanol–water partition coefficient (Wildman–Crippen LogP) is 6.75. The summed E-state index contributed by atoms with van der Waals surface area (Å²) in [6.07, 6.45) is 1.70. The molecule has 1 heterocycles. The molecule has 0 saturated heterocycles. The van der Waals surface area contributed by atoms with Crippen LogP contribution in [0.5, 0.6) is 5.75 Å². The van der Waals surface area contributed by atoms with Gasteiger partial charge < -0.3 is 9.47 Å². The third-order valence-corrected chi connectivity index (χ3v) is 6.00. The molecule has 0 aliphatic carbocycles. The fourth-order valence-corrected chi connectivity index (χ4v) is 4.59. The van der Waals surface area contributed by atoms with E-state index in [1.807, 2.05) is 55.5 Å². The topological polar surface area (TPSA) is 47.9 Å². The second-order valence-electron chi connectivity index (χ2n) is 7.24. The number of esters is 1. The zero-order chi connectivity index (χ0) is 22.0. The molecule has 6 heteroatoms. The summed E-state index contributed by atoms with van der Waals surface area (Å²) >= 11 is 7.14. The van der Waals surface area contributed by atoms with Gasteiger partial charge in [-0.1, -0.05) is 48.0 Å². The van der Waals surface area contributed by atoms with Crippen LogP contribution >= 0.6 is 31.9 Å². The number of hydrogen-bond donors (Lipinski definition) is 0. The van der Waals surface area contributed by atoms with Gasteiger partial charge in [-0.15, -0.1) is 0 Å². The highest BCUT2D eigenvalue weighted by atomic mass is 79.9. The molecule has 156 valence electrons. The van der Waals surface area contributed by atoms with Crippen molar-refractivity contribution < 1.29 is 14.3 Å². The van der Waals surface area contributed by atoms with Gasteiger partial charge in [0, 0.05) is 5.56 Å². The summed E-state index contributed by atoms with van der Waals surface area (Å²) in [5.41, 5.74) is 5.15. The largest absolute Gasteiger partial charge is 0.487 e. The summed E-state index contributed by atoms with van der Waals surface area (Å²) in [7, 11) is 0. The Morgan fingerprint density at radius 3 is 2.35 bits per heavy atom. The number of benzene rings is 3. The Bertz CT molecular complexity index is 1190. The predicted molar refractivity (Wildman–Crippen MR) is 129 cm³/mol. The molecule has 1 aliphatic rings. The summed E-state index contributed by atoms with van der Waals surface area (Å²) in [6.45, 7) is 4.46. The molecule has 3 aromatic carbocycles. The summed E-state index contributed by atoms with van der Waals surface area (Å²) in [5, 5.41) is 0. The van der Waals surface area contributed by atoms with E-state index >= 15 is 0 Å². The van der Waals surface area contributed by atoms with Gasteiger partial charge in [0.25, 0.3) is 0 Å². The van der Waals surface area contributed by atoms with Crippen molar-refractivity contribution in [3.05, 3.63) is 103 Å². The molecule has 1 aliphatic heterocycles. The Kier molecular flexibility index (Phi) is 6.39. The minimum Gasteiger partial charge on any atom is -0.487 e. The molecule has 4 nitrogen and oxygen atoms in total. The third-order valence-electron chi connectivity index (χ3n) is 4.82. The van der Waals surface area contributed by atoms with Crippen molar-refractivity contribution in [1.29, 1.82) is 0 Å². The number of nitrogens with zero attached hydrogens (tertiary/aromatic N) is 1. The van der Waals surface area contributed by atoms with E-state index in [1.54, 1.807) is 6.08 Å². The molecule has 0 N–H and O–H groups in total. The van der Waals surface area contributed by atoms with Gasteiger partial charge in [0.1, 0.15) is 12.4 Å². The second kappa shape index (κ2) is 9.20. The normalized spacial score (nSPS) is 14.5. The maximum Gasteiger partial charge on any atom is 0.363 e. The Labute approximate surface area is 197 Å². The fraction of sp³-hybridized carbons (Fsp3) is 0.120. The molecule has 0 aromatic heterocycles. The quantitative estimate of drug-likeness (QED) is 0.265. The van der Waals surface area contributed by atoms with Crippen LogP contribution in [0.3, 0.4) is 0 Å².